The van der Waals surface area contributed by atoms with Crippen molar-refractivity contribution in [3.8, 4) is 0 Å². The Kier molecular flexibility index (Phi) is 5.21. The minimum absolute atomic E-state index is 0.0826. The van der Waals surface area contributed by atoms with Gasteiger partial charge in [0, 0.05) is 105 Å². The third-order valence-electron chi connectivity index (χ3n) is 11.1. The van der Waals surface area contributed by atoms with E-state index in [0.717, 1.165) is 127 Å². The van der Waals surface area contributed by atoms with Gasteiger partial charge in [0.2, 0.25) is 0 Å². The van der Waals surface area contributed by atoms with Crippen LogP contribution in [0, 0.1) is 0 Å². The van der Waals surface area contributed by atoms with E-state index in [1.165, 1.54) is 0 Å². The zero-order valence-corrected chi connectivity index (χ0v) is 25.2. The first-order valence-corrected chi connectivity index (χ1v) is 16.6. The molecule has 0 unspecified atom stereocenters. The molecule has 10 rings (SSSR count). The molecule has 0 saturated carbocycles. The van der Waals surface area contributed by atoms with Crippen LogP contribution < -0.4 is 31.0 Å². The van der Waals surface area contributed by atoms with Gasteiger partial charge in [0.1, 0.15) is 0 Å². The van der Waals surface area contributed by atoms with E-state index in [9.17, 15) is 14.4 Å². The normalized spacial score (nSPS) is 17.7. The number of hydrogen-bond donors (Lipinski definition) is 0. The van der Waals surface area contributed by atoms with Crippen LogP contribution >= 0.6 is 0 Å². The van der Waals surface area contributed by atoms with Crippen LogP contribution in [0.4, 0.5) is 17.1 Å². The van der Waals surface area contributed by atoms with E-state index in [0.29, 0.717) is 32.3 Å². The van der Waals surface area contributed by atoms with Crippen molar-refractivity contribution in [1.29, 1.82) is 0 Å². The van der Waals surface area contributed by atoms with E-state index >= 15 is 0 Å². The van der Waals surface area contributed by atoms with Gasteiger partial charge in [-0.25, -0.2) is 0 Å². The van der Waals surface area contributed by atoms with Crippen LogP contribution in [-0.2, 0) is 0 Å². The summed E-state index contributed by atoms with van der Waals surface area (Å²) < 4.78 is 0. The molecule has 7 aromatic carbocycles. The maximum absolute atomic E-state index is 14.5. The monoisotopic (exact) mass is 591 g/mol. The number of anilines is 3. The molecule has 3 heterocycles. The molecule has 0 radical (unpaired) electrons. The highest BCUT2D eigenvalue weighted by Crippen LogP contribution is 2.45. The molecule has 6 nitrogen and oxygen atoms in total. The Hall–Kier alpha value is -4.71. The fourth-order valence-corrected chi connectivity index (χ4v) is 8.97. The van der Waals surface area contributed by atoms with Crippen molar-refractivity contribution >= 4 is 81.7 Å². The summed E-state index contributed by atoms with van der Waals surface area (Å²) in [4.78, 5) is 50.6. The molecule has 0 spiro atoms. The van der Waals surface area contributed by atoms with E-state index < -0.39 is 0 Å². The predicted octanol–water partition coefficient (Wildman–Crippen LogP) is 6.80. The average molecular weight is 592 g/mol. The van der Waals surface area contributed by atoms with Gasteiger partial charge in [-0.1, -0.05) is 0 Å². The molecule has 3 saturated heterocycles. The summed E-state index contributed by atoms with van der Waals surface area (Å²) in [6.07, 6.45) is 6.92. The molecule has 0 N–H and O–H groups in total. The molecule has 45 heavy (non-hydrogen) atoms. The van der Waals surface area contributed by atoms with Gasteiger partial charge in [0.05, 0.1) is 0 Å². The van der Waals surface area contributed by atoms with Crippen LogP contribution in [0.15, 0.2) is 69.0 Å². The van der Waals surface area contributed by atoms with Gasteiger partial charge >= 0.3 is 0 Å². The molecule has 0 aromatic heterocycles. The zero-order chi connectivity index (χ0) is 30.0. The van der Waals surface area contributed by atoms with Crippen LogP contribution in [-0.4, -0.2) is 39.3 Å². The highest BCUT2D eigenvalue weighted by atomic mass is 16.1. The first kappa shape index (κ1) is 25.6. The average Bonchev–Trinajstić information content (AvgIpc) is 3.92. The molecule has 6 heteroatoms. The summed E-state index contributed by atoms with van der Waals surface area (Å²) in [5, 5.41) is 8.13. The highest BCUT2D eigenvalue weighted by Gasteiger charge is 2.28. The van der Waals surface area contributed by atoms with Gasteiger partial charge in [-0.3, -0.25) is 14.4 Å². The number of nitrogens with zero attached hydrogens (tertiary/aromatic N) is 3. The molecule has 0 amide bonds. The highest BCUT2D eigenvalue weighted by molar-refractivity contribution is 6.43. The van der Waals surface area contributed by atoms with Crippen molar-refractivity contribution in [2.45, 2.75) is 38.5 Å². The van der Waals surface area contributed by atoms with Crippen LogP contribution in [0.25, 0.3) is 64.6 Å². The van der Waals surface area contributed by atoms with Crippen molar-refractivity contribution in [2.24, 2.45) is 0 Å². The molecule has 222 valence electrons. The van der Waals surface area contributed by atoms with Crippen LogP contribution in [0.5, 0.6) is 0 Å². The molecule has 0 atom stereocenters. The largest absolute Gasteiger partial charge is 0.372 e. The second-order valence-electron chi connectivity index (χ2n) is 13.5. The maximum Gasteiger partial charge on any atom is 0.194 e. The molecule has 7 aromatic rings. The lowest BCUT2D eigenvalue weighted by Gasteiger charge is -2.17. The SMILES string of the molecule is O=c1c2ccc(N3CCCC3)cc2c2c1c1c3cc(N4CCCC4)ccc3c(=O)c1c1c3cc(N4CCCC4)ccc3c(=O)c21. The summed E-state index contributed by atoms with van der Waals surface area (Å²) in [5.41, 5.74) is 3.02. The predicted molar refractivity (Wildman–Crippen MR) is 188 cm³/mol. The van der Waals surface area contributed by atoms with E-state index in [-0.39, 0.29) is 16.3 Å². The minimum atomic E-state index is -0.0826. The maximum atomic E-state index is 14.5. The fraction of sp³-hybridized carbons (Fsp3) is 0.308. The van der Waals surface area contributed by atoms with Gasteiger partial charge < -0.3 is 14.7 Å². The summed E-state index contributed by atoms with van der Waals surface area (Å²) in [6, 6.07) is 18.4. The lowest BCUT2D eigenvalue weighted by atomic mass is 9.99. The van der Waals surface area contributed by atoms with Crippen LogP contribution in [0.3, 0.4) is 0 Å². The second kappa shape index (κ2) is 9.16. The molecule has 3 aliphatic heterocycles. The van der Waals surface area contributed by atoms with Gasteiger partial charge in [0.25, 0.3) is 0 Å². The van der Waals surface area contributed by atoms with E-state index in [4.69, 9.17) is 0 Å². The summed E-state index contributed by atoms with van der Waals surface area (Å²) >= 11 is 0. The van der Waals surface area contributed by atoms with Gasteiger partial charge in [-0.2, -0.15) is 0 Å². The molecular weight excluding hydrogens is 558 g/mol. The molecule has 0 bridgehead atoms. The second-order valence-corrected chi connectivity index (χ2v) is 13.5. The quantitative estimate of drug-likeness (QED) is 0.225. The minimum Gasteiger partial charge on any atom is -0.372 e. The van der Waals surface area contributed by atoms with Gasteiger partial charge in [0.15, 0.2) is 16.3 Å². The molecule has 0 aliphatic carbocycles. The third kappa shape index (κ3) is 3.37. The standard InChI is InChI=1S/C39H33N3O3/c43-37-25-10-7-22(40-13-1-2-14-40)19-28(25)31-34(37)32-30-21-24(42-17-5-6-18-42)9-12-27(30)39(45)36(32)33-29-20-23(41-15-3-4-16-41)8-11-26(29)38(44)35(31)33/h7-12,19-21H,1-6,13-18H2. The van der Waals surface area contributed by atoms with E-state index in [1.807, 2.05) is 18.2 Å². The Balaban J connectivity index is 1.43. The van der Waals surface area contributed by atoms with Crippen molar-refractivity contribution in [3.05, 3.63) is 85.3 Å². The van der Waals surface area contributed by atoms with Gasteiger partial charge in [-0.15, -0.1) is 0 Å². The Morgan fingerprint density at radius 1 is 0.333 bits per heavy atom. The van der Waals surface area contributed by atoms with Crippen molar-refractivity contribution < 1.29 is 0 Å². The van der Waals surface area contributed by atoms with Crippen molar-refractivity contribution in [2.75, 3.05) is 54.0 Å². The first-order valence-electron chi connectivity index (χ1n) is 16.6. The Morgan fingerprint density at radius 2 is 0.600 bits per heavy atom. The zero-order valence-electron chi connectivity index (χ0n) is 25.2. The summed E-state index contributed by atoms with van der Waals surface area (Å²) in [6.45, 7) is 5.96. The first-order chi connectivity index (χ1) is 22.1. The van der Waals surface area contributed by atoms with Crippen molar-refractivity contribution in [3.63, 3.8) is 0 Å². The summed E-state index contributed by atoms with van der Waals surface area (Å²) in [7, 11) is 0. The van der Waals surface area contributed by atoms with Crippen LogP contribution in [0.1, 0.15) is 38.5 Å². The third-order valence-corrected chi connectivity index (χ3v) is 11.1. The topological polar surface area (TPSA) is 60.9 Å². The fourth-order valence-electron chi connectivity index (χ4n) is 8.97. The van der Waals surface area contributed by atoms with Crippen LogP contribution in [0.2, 0.25) is 0 Å². The Morgan fingerprint density at radius 3 is 0.867 bits per heavy atom. The Bertz CT molecular complexity index is 2210. The number of benzene rings is 4. The molecule has 3 fully saturated rings. The van der Waals surface area contributed by atoms with E-state index in [1.54, 1.807) is 0 Å². The molecule has 3 aliphatic rings. The Labute approximate surface area is 259 Å². The smallest absolute Gasteiger partial charge is 0.194 e. The van der Waals surface area contributed by atoms with Gasteiger partial charge in [-0.05, 0) is 109 Å². The van der Waals surface area contributed by atoms with Crippen molar-refractivity contribution in [1.82, 2.24) is 0 Å². The number of rotatable bonds is 3. The molecular formula is C39H33N3O3. The summed E-state index contributed by atoms with van der Waals surface area (Å²) in [5.74, 6) is 0. The lowest BCUT2D eigenvalue weighted by Crippen LogP contribution is -2.17. The van der Waals surface area contributed by atoms with E-state index in [2.05, 4.69) is 51.1 Å². The number of hydrogen-bond acceptors (Lipinski definition) is 6. The lowest BCUT2D eigenvalue weighted by molar-refractivity contribution is 0.949. The number of fused-ring (bicyclic) bond motifs is 12.